The lowest BCUT2D eigenvalue weighted by Gasteiger charge is -2.31. The van der Waals surface area contributed by atoms with Gasteiger partial charge in [-0.2, -0.15) is 0 Å². The zero-order valence-electron chi connectivity index (χ0n) is 11.8. The molecule has 1 aromatic rings. The van der Waals surface area contributed by atoms with Crippen molar-refractivity contribution in [2.75, 3.05) is 19.6 Å². The molecule has 0 aliphatic carbocycles. The summed E-state index contributed by atoms with van der Waals surface area (Å²) in [6.45, 7) is 9.74. The molecule has 1 aromatic carbocycles. The van der Waals surface area contributed by atoms with E-state index in [2.05, 4.69) is 49.1 Å². The van der Waals surface area contributed by atoms with E-state index in [-0.39, 0.29) is 11.5 Å². The normalized spacial score (nSPS) is 23.2. The summed E-state index contributed by atoms with van der Waals surface area (Å²) in [5, 5.41) is 9.66. The minimum Gasteiger partial charge on any atom is -0.393 e. The molecule has 0 amide bonds. The van der Waals surface area contributed by atoms with Gasteiger partial charge in [-0.15, -0.1) is 0 Å². The first-order chi connectivity index (χ1) is 8.49. The van der Waals surface area contributed by atoms with Crippen LogP contribution in [0.5, 0.6) is 0 Å². The van der Waals surface area contributed by atoms with Crippen molar-refractivity contribution in [1.29, 1.82) is 0 Å². The number of rotatable bonds is 4. The zero-order valence-corrected chi connectivity index (χ0v) is 11.8. The smallest absolute Gasteiger partial charge is 0.0552 e. The molecule has 2 rings (SSSR count). The number of benzene rings is 1. The molecule has 0 bridgehead atoms. The number of nitrogens with zero attached hydrogens (tertiary/aromatic N) is 1. The van der Waals surface area contributed by atoms with Crippen molar-refractivity contribution in [1.82, 2.24) is 4.90 Å². The van der Waals surface area contributed by atoms with Crippen LogP contribution >= 0.6 is 0 Å². The van der Waals surface area contributed by atoms with Gasteiger partial charge in [-0.25, -0.2) is 0 Å². The van der Waals surface area contributed by atoms with Crippen molar-refractivity contribution in [3.05, 3.63) is 35.9 Å². The van der Waals surface area contributed by atoms with Crippen LogP contribution in [0, 0.1) is 5.92 Å². The number of likely N-dealkylation sites (tertiary alicyclic amines) is 1. The van der Waals surface area contributed by atoms with E-state index in [4.69, 9.17) is 0 Å². The molecule has 0 aromatic heterocycles. The summed E-state index contributed by atoms with van der Waals surface area (Å²) in [6.07, 6.45) is 0.956. The maximum Gasteiger partial charge on any atom is 0.0552 e. The van der Waals surface area contributed by atoms with E-state index in [1.54, 1.807) is 0 Å². The number of hydrogen-bond donors (Lipinski definition) is 1. The summed E-state index contributed by atoms with van der Waals surface area (Å²) >= 11 is 0. The second kappa shape index (κ2) is 5.41. The van der Waals surface area contributed by atoms with Gasteiger partial charge in [0, 0.05) is 18.5 Å². The van der Waals surface area contributed by atoms with Crippen molar-refractivity contribution in [3.63, 3.8) is 0 Å². The summed E-state index contributed by atoms with van der Waals surface area (Å²) in [5.74, 6) is 0.455. The average Bonchev–Trinajstić information content (AvgIpc) is 2.78. The van der Waals surface area contributed by atoms with E-state index >= 15 is 0 Å². The maximum atomic E-state index is 9.66. The highest BCUT2D eigenvalue weighted by atomic mass is 16.3. The predicted molar refractivity (Wildman–Crippen MR) is 75.7 cm³/mol. The Morgan fingerprint density at radius 2 is 2.00 bits per heavy atom. The van der Waals surface area contributed by atoms with Gasteiger partial charge in [0.1, 0.15) is 0 Å². The summed E-state index contributed by atoms with van der Waals surface area (Å²) in [6, 6.07) is 10.7. The topological polar surface area (TPSA) is 23.5 Å². The van der Waals surface area contributed by atoms with Crippen molar-refractivity contribution in [3.8, 4) is 0 Å². The molecule has 2 unspecified atom stereocenters. The van der Waals surface area contributed by atoms with Gasteiger partial charge in [0.15, 0.2) is 0 Å². The fourth-order valence-corrected chi connectivity index (χ4v) is 2.94. The first kappa shape index (κ1) is 13.6. The first-order valence-corrected chi connectivity index (χ1v) is 6.95. The third-order valence-electron chi connectivity index (χ3n) is 4.17. The largest absolute Gasteiger partial charge is 0.393 e. The third-order valence-corrected chi connectivity index (χ3v) is 4.17. The van der Waals surface area contributed by atoms with Crippen molar-refractivity contribution in [2.45, 2.75) is 38.7 Å². The van der Waals surface area contributed by atoms with Crippen molar-refractivity contribution in [2.24, 2.45) is 5.92 Å². The third kappa shape index (κ3) is 3.12. The lowest BCUT2D eigenvalue weighted by molar-refractivity contribution is 0.125. The van der Waals surface area contributed by atoms with E-state index in [0.717, 1.165) is 26.1 Å². The zero-order chi connectivity index (χ0) is 13.2. The highest BCUT2D eigenvalue weighted by Gasteiger charge is 2.30. The van der Waals surface area contributed by atoms with Crippen molar-refractivity contribution >= 4 is 0 Å². The molecule has 2 heteroatoms. The molecule has 2 nitrogen and oxygen atoms in total. The quantitative estimate of drug-likeness (QED) is 0.884. The Balaban J connectivity index is 1.97. The van der Waals surface area contributed by atoms with E-state index in [1.807, 2.05) is 6.92 Å². The molecule has 0 spiro atoms. The number of aliphatic hydroxyl groups is 1. The van der Waals surface area contributed by atoms with Crippen LogP contribution in [0.2, 0.25) is 0 Å². The highest BCUT2D eigenvalue weighted by Crippen LogP contribution is 2.28. The molecule has 1 aliphatic rings. The van der Waals surface area contributed by atoms with Crippen LogP contribution < -0.4 is 0 Å². The summed E-state index contributed by atoms with van der Waals surface area (Å²) in [4.78, 5) is 2.49. The Kier molecular flexibility index (Phi) is 4.08. The molecular weight excluding hydrogens is 222 g/mol. The van der Waals surface area contributed by atoms with Gasteiger partial charge < -0.3 is 10.0 Å². The molecule has 0 radical (unpaired) electrons. The first-order valence-electron chi connectivity index (χ1n) is 6.95. The molecule has 2 atom stereocenters. The molecule has 1 fully saturated rings. The van der Waals surface area contributed by atoms with Gasteiger partial charge in [-0.05, 0) is 31.4 Å². The van der Waals surface area contributed by atoms with Gasteiger partial charge in [-0.1, -0.05) is 44.2 Å². The molecule has 1 aliphatic heterocycles. The molecule has 100 valence electrons. The van der Waals surface area contributed by atoms with Crippen LogP contribution in [0.15, 0.2) is 30.3 Å². The highest BCUT2D eigenvalue weighted by molar-refractivity contribution is 5.24. The second-order valence-electron chi connectivity index (χ2n) is 6.27. The second-order valence-corrected chi connectivity index (χ2v) is 6.27. The molecule has 1 saturated heterocycles. The number of aliphatic hydroxyl groups excluding tert-OH is 1. The lowest BCUT2D eigenvalue weighted by Crippen LogP contribution is -2.36. The van der Waals surface area contributed by atoms with Gasteiger partial charge in [-0.3, -0.25) is 0 Å². The standard InChI is InChI=1S/C16H25NO/c1-13(18)14-9-10-17(11-14)12-16(2,3)15-7-5-4-6-8-15/h4-8,13-14,18H,9-12H2,1-3H3. The van der Waals surface area contributed by atoms with Crippen LogP contribution in [-0.4, -0.2) is 35.7 Å². The van der Waals surface area contributed by atoms with Crippen LogP contribution in [-0.2, 0) is 5.41 Å². The lowest BCUT2D eigenvalue weighted by atomic mass is 9.84. The van der Waals surface area contributed by atoms with E-state index in [0.29, 0.717) is 5.92 Å². The predicted octanol–water partition coefficient (Wildman–Crippen LogP) is 2.67. The van der Waals surface area contributed by atoms with Gasteiger partial charge in [0.25, 0.3) is 0 Å². The van der Waals surface area contributed by atoms with Crippen LogP contribution in [0.3, 0.4) is 0 Å². The van der Waals surface area contributed by atoms with Crippen molar-refractivity contribution < 1.29 is 5.11 Å². The number of hydrogen-bond acceptors (Lipinski definition) is 2. The Bertz CT molecular complexity index is 372. The fraction of sp³-hybridized carbons (Fsp3) is 0.625. The van der Waals surface area contributed by atoms with E-state index in [9.17, 15) is 5.11 Å². The summed E-state index contributed by atoms with van der Waals surface area (Å²) in [7, 11) is 0. The van der Waals surface area contributed by atoms with Crippen LogP contribution in [0.25, 0.3) is 0 Å². The minimum atomic E-state index is -0.171. The van der Waals surface area contributed by atoms with Crippen LogP contribution in [0.1, 0.15) is 32.8 Å². The Hall–Kier alpha value is -0.860. The van der Waals surface area contributed by atoms with E-state index < -0.39 is 0 Å². The monoisotopic (exact) mass is 247 g/mol. The van der Waals surface area contributed by atoms with Gasteiger partial charge in [0.05, 0.1) is 6.10 Å². The average molecular weight is 247 g/mol. The van der Waals surface area contributed by atoms with Crippen LogP contribution in [0.4, 0.5) is 0 Å². The SMILES string of the molecule is CC(O)C1CCN(CC(C)(C)c2ccccc2)C1. The molecular formula is C16H25NO. The molecule has 18 heavy (non-hydrogen) atoms. The molecule has 1 heterocycles. The summed E-state index contributed by atoms with van der Waals surface area (Å²) < 4.78 is 0. The Morgan fingerprint density at radius 3 is 2.56 bits per heavy atom. The summed E-state index contributed by atoms with van der Waals surface area (Å²) in [5.41, 5.74) is 1.57. The van der Waals surface area contributed by atoms with E-state index in [1.165, 1.54) is 5.56 Å². The van der Waals surface area contributed by atoms with Gasteiger partial charge in [0.2, 0.25) is 0 Å². The Labute approximate surface area is 111 Å². The fourth-order valence-electron chi connectivity index (χ4n) is 2.94. The Morgan fingerprint density at radius 1 is 1.33 bits per heavy atom. The molecule has 0 saturated carbocycles. The van der Waals surface area contributed by atoms with Gasteiger partial charge >= 0.3 is 0 Å². The maximum absolute atomic E-state index is 9.66. The molecule has 1 N–H and O–H groups in total. The minimum absolute atomic E-state index is 0.171.